The number of aliphatic hydroxyl groups excluding tert-OH is 1. The minimum absolute atomic E-state index is 0.310. The number of nitrogens with one attached hydrogen (secondary N) is 1. The molecule has 0 amide bonds. The summed E-state index contributed by atoms with van der Waals surface area (Å²) in [6.45, 7) is 3.15. The summed E-state index contributed by atoms with van der Waals surface area (Å²) < 4.78 is -1.58. The molecule has 0 aliphatic heterocycles. The van der Waals surface area contributed by atoms with Crippen molar-refractivity contribution < 1.29 is 5.11 Å². The lowest BCUT2D eigenvalue weighted by molar-refractivity contribution is 0.176. The predicted octanol–water partition coefficient (Wildman–Crippen LogP) is 1.72. The van der Waals surface area contributed by atoms with Crippen molar-refractivity contribution in [2.45, 2.75) is 23.2 Å². The topological polar surface area (TPSA) is 32.3 Å². The first-order valence-corrected chi connectivity index (χ1v) is 4.57. The molecule has 0 bridgehead atoms. The molecule has 0 aromatic heterocycles. The molecule has 0 aliphatic rings. The second kappa shape index (κ2) is 5.44. The highest BCUT2D eigenvalue weighted by atomic mass is 35.6. The molecular weight excluding hydrogens is 208 g/mol. The van der Waals surface area contributed by atoms with Gasteiger partial charge in [0, 0.05) is 6.54 Å². The summed E-state index contributed by atoms with van der Waals surface area (Å²) in [6, 6.07) is 0. The van der Waals surface area contributed by atoms with Gasteiger partial charge < -0.3 is 10.4 Å². The van der Waals surface area contributed by atoms with Crippen LogP contribution in [0.3, 0.4) is 0 Å². The zero-order valence-electron chi connectivity index (χ0n) is 6.28. The van der Waals surface area contributed by atoms with Gasteiger partial charge in [0.2, 0.25) is 3.79 Å². The van der Waals surface area contributed by atoms with E-state index in [0.29, 0.717) is 6.54 Å². The van der Waals surface area contributed by atoms with Gasteiger partial charge in [-0.05, 0) is 13.0 Å². The Bertz CT molecular complexity index is 104. The van der Waals surface area contributed by atoms with Crippen molar-refractivity contribution in [3.63, 3.8) is 0 Å². The third-order valence-electron chi connectivity index (χ3n) is 1.14. The number of aliphatic hydroxyl groups is 1. The van der Waals surface area contributed by atoms with E-state index in [1.54, 1.807) is 0 Å². The number of hydrogen-bond donors (Lipinski definition) is 2. The van der Waals surface area contributed by atoms with Crippen molar-refractivity contribution in [3.8, 4) is 0 Å². The summed E-state index contributed by atoms with van der Waals surface area (Å²) in [5.41, 5.74) is 0. The first-order valence-electron chi connectivity index (χ1n) is 3.44. The molecule has 2 nitrogen and oxygen atoms in total. The highest BCUT2D eigenvalue weighted by Crippen LogP contribution is 2.29. The lowest BCUT2D eigenvalue weighted by atomic mass is 10.4. The molecule has 0 spiro atoms. The first kappa shape index (κ1) is 11.8. The van der Waals surface area contributed by atoms with Gasteiger partial charge in [-0.25, -0.2) is 0 Å². The third-order valence-corrected chi connectivity index (χ3v) is 1.90. The van der Waals surface area contributed by atoms with Crippen LogP contribution in [0, 0.1) is 0 Å². The zero-order valence-corrected chi connectivity index (χ0v) is 8.55. The Morgan fingerprint density at radius 1 is 1.45 bits per heavy atom. The lowest BCUT2D eigenvalue weighted by Crippen LogP contribution is -2.36. The third kappa shape index (κ3) is 6.00. The summed E-state index contributed by atoms with van der Waals surface area (Å²) in [7, 11) is 0. The Morgan fingerprint density at radius 2 is 2.00 bits per heavy atom. The van der Waals surface area contributed by atoms with E-state index < -0.39 is 9.90 Å². The summed E-state index contributed by atoms with van der Waals surface area (Å²) >= 11 is 16.2. The largest absolute Gasteiger partial charge is 0.387 e. The van der Waals surface area contributed by atoms with Gasteiger partial charge in [-0.2, -0.15) is 0 Å². The van der Waals surface area contributed by atoms with Crippen LogP contribution in [0.5, 0.6) is 0 Å². The predicted molar refractivity (Wildman–Crippen MR) is 49.5 cm³/mol. The highest BCUT2D eigenvalue weighted by Gasteiger charge is 2.29. The maximum atomic E-state index is 9.15. The van der Waals surface area contributed by atoms with Crippen LogP contribution in [0.25, 0.3) is 0 Å². The minimum Gasteiger partial charge on any atom is -0.387 e. The van der Waals surface area contributed by atoms with Gasteiger partial charge in [-0.3, -0.25) is 0 Å². The van der Waals surface area contributed by atoms with Crippen molar-refractivity contribution >= 4 is 34.8 Å². The van der Waals surface area contributed by atoms with Crippen LogP contribution in [0.4, 0.5) is 0 Å². The summed E-state index contributed by atoms with van der Waals surface area (Å²) in [4.78, 5) is 0. The Morgan fingerprint density at radius 3 is 2.36 bits per heavy atom. The van der Waals surface area contributed by atoms with E-state index in [2.05, 4.69) is 5.32 Å². The minimum atomic E-state index is -1.58. The normalized spacial score (nSPS) is 15.0. The molecule has 0 aliphatic carbocycles. The smallest absolute Gasteiger partial charge is 0.217 e. The Hall–Kier alpha value is 0.790. The molecule has 0 saturated heterocycles. The van der Waals surface area contributed by atoms with Crippen molar-refractivity contribution in [1.82, 2.24) is 5.32 Å². The molecule has 11 heavy (non-hydrogen) atoms. The van der Waals surface area contributed by atoms with Gasteiger partial charge >= 0.3 is 0 Å². The van der Waals surface area contributed by atoms with Gasteiger partial charge in [0.1, 0.15) is 6.10 Å². The number of halogens is 3. The Balaban J connectivity index is 3.44. The number of hydrogen-bond acceptors (Lipinski definition) is 2. The molecule has 1 atom stereocenters. The SMILES string of the molecule is CCCNCC(O)C(Cl)(Cl)Cl. The van der Waals surface area contributed by atoms with Gasteiger partial charge in [0.15, 0.2) is 0 Å². The number of alkyl halides is 3. The van der Waals surface area contributed by atoms with Crippen LogP contribution in [0.1, 0.15) is 13.3 Å². The van der Waals surface area contributed by atoms with Crippen molar-refractivity contribution in [2.75, 3.05) is 13.1 Å². The van der Waals surface area contributed by atoms with E-state index in [1.807, 2.05) is 6.92 Å². The van der Waals surface area contributed by atoms with Crippen molar-refractivity contribution in [1.29, 1.82) is 0 Å². The van der Waals surface area contributed by atoms with Crippen LogP contribution in [0.15, 0.2) is 0 Å². The average Bonchev–Trinajstić information content (AvgIpc) is 1.86. The van der Waals surface area contributed by atoms with Crippen LogP contribution < -0.4 is 5.32 Å². The van der Waals surface area contributed by atoms with E-state index in [0.717, 1.165) is 13.0 Å². The quantitative estimate of drug-likeness (QED) is 0.559. The van der Waals surface area contributed by atoms with Gasteiger partial charge in [0.25, 0.3) is 0 Å². The fourth-order valence-electron chi connectivity index (χ4n) is 0.531. The van der Waals surface area contributed by atoms with Crippen LogP contribution in [-0.4, -0.2) is 28.1 Å². The van der Waals surface area contributed by atoms with Crippen molar-refractivity contribution in [3.05, 3.63) is 0 Å². The van der Waals surface area contributed by atoms with Crippen LogP contribution in [0.2, 0.25) is 0 Å². The van der Waals surface area contributed by atoms with E-state index in [4.69, 9.17) is 39.9 Å². The molecule has 1 unspecified atom stereocenters. The summed E-state index contributed by atoms with van der Waals surface area (Å²) in [5.74, 6) is 0. The molecule has 0 heterocycles. The van der Waals surface area contributed by atoms with E-state index in [9.17, 15) is 0 Å². The molecule has 2 N–H and O–H groups in total. The van der Waals surface area contributed by atoms with E-state index in [1.165, 1.54) is 0 Å². The fourth-order valence-corrected chi connectivity index (χ4v) is 0.763. The molecule has 0 aromatic rings. The second-order valence-corrected chi connectivity index (χ2v) is 4.63. The average molecular weight is 221 g/mol. The second-order valence-electron chi connectivity index (χ2n) is 2.26. The van der Waals surface area contributed by atoms with Crippen LogP contribution >= 0.6 is 34.8 Å². The molecule has 68 valence electrons. The van der Waals surface area contributed by atoms with Crippen LogP contribution in [-0.2, 0) is 0 Å². The molecule has 0 rings (SSSR count). The Labute approximate surface area is 81.8 Å². The lowest BCUT2D eigenvalue weighted by Gasteiger charge is -2.18. The van der Waals surface area contributed by atoms with Gasteiger partial charge in [-0.15, -0.1) is 0 Å². The van der Waals surface area contributed by atoms with E-state index >= 15 is 0 Å². The Kier molecular flexibility index (Phi) is 5.83. The summed E-state index contributed by atoms with van der Waals surface area (Å²) in [6.07, 6.45) is 0.0473. The zero-order chi connectivity index (χ0) is 8.91. The maximum Gasteiger partial charge on any atom is 0.217 e. The number of rotatable bonds is 4. The monoisotopic (exact) mass is 219 g/mol. The van der Waals surface area contributed by atoms with Gasteiger partial charge in [0.05, 0.1) is 0 Å². The standard InChI is InChI=1S/C6H12Cl3NO/c1-2-3-10-4-5(11)6(7,8)9/h5,10-11H,2-4H2,1H3. The maximum absolute atomic E-state index is 9.15. The van der Waals surface area contributed by atoms with Crippen molar-refractivity contribution in [2.24, 2.45) is 0 Å². The molecule has 0 fully saturated rings. The molecule has 0 saturated carbocycles. The highest BCUT2D eigenvalue weighted by molar-refractivity contribution is 6.68. The molecule has 0 radical (unpaired) electrons. The van der Waals surface area contributed by atoms with E-state index in [-0.39, 0.29) is 0 Å². The van der Waals surface area contributed by atoms with Gasteiger partial charge in [-0.1, -0.05) is 41.7 Å². The summed E-state index contributed by atoms with van der Waals surface area (Å²) in [5, 5.41) is 12.1. The molecule has 5 heteroatoms. The fraction of sp³-hybridized carbons (Fsp3) is 1.00. The molecule has 0 aromatic carbocycles. The molecular formula is C6H12Cl3NO. The first-order chi connectivity index (χ1) is 4.98.